The monoisotopic (exact) mass is 1070 g/mol. The van der Waals surface area contributed by atoms with Crippen LogP contribution in [0.25, 0.3) is 167 Å². The van der Waals surface area contributed by atoms with Crippen LogP contribution in [0, 0.1) is 0 Å². The van der Waals surface area contributed by atoms with Crippen LogP contribution in [0.5, 0.6) is 0 Å². The number of benzene rings is 11. The fourth-order valence-corrected chi connectivity index (χ4v) is 13.8. The van der Waals surface area contributed by atoms with Crippen molar-refractivity contribution in [3.05, 3.63) is 255 Å². The van der Waals surface area contributed by atoms with Gasteiger partial charge in [0.25, 0.3) is 0 Å². The zero-order valence-corrected chi connectivity index (χ0v) is 44.6. The molecule has 12 heteroatoms. The van der Waals surface area contributed by atoms with E-state index in [1.807, 2.05) is 0 Å². The molecule has 390 valence electrons. The summed E-state index contributed by atoms with van der Waals surface area (Å²) in [7, 11) is 0. The predicted octanol–water partition coefficient (Wildman–Crippen LogP) is 16.6. The van der Waals surface area contributed by atoms with Crippen molar-refractivity contribution in [3.63, 3.8) is 0 Å². The molecule has 0 radical (unpaired) electrons. The molecule has 0 saturated carbocycles. The van der Waals surface area contributed by atoms with Gasteiger partial charge in [-0.05, 0) is 66.7 Å². The Morgan fingerprint density at radius 3 is 0.619 bits per heavy atom. The minimum Gasteiger partial charge on any atom is -0.278 e. The van der Waals surface area contributed by atoms with Gasteiger partial charge >= 0.3 is 0 Å². The number of hydrogen-bond donors (Lipinski definition) is 0. The van der Waals surface area contributed by atoms with Crippen LogP contribution in [0.1, 0.15) is 0 Å². The van der Waals surface area contributed by atoms with Crippen LogP contribution in [0.15, 0.2) is 255 Å². The molecule has 0 atom stereocenters. The molecule has 8 heterocycles. The van der Waals surface area contributed by atoms with E-state index in [1.54, 1.807) is 0 Å². The molecule has 0 fully saturated rings. The molecule has 19 rings (SSSR count). The summed E-state index contributed by atoms with van der Waals surface area (Å²) in [5.41, 5.74) is 11.7. The van der Waals surface area contributed by atoms with Crippen LogP contribution >= 0.6 is 0 Å². The van der Waals surface area contributed by atoms with Gasteiger partial charge in [-0.25, -0.2) is 0 Å². The minimum absolute atomic E-state index is 0.467. The lowest BCUT2D eigenvalue weighted by atomic mass is 10.1. The molecule has 0 bridgehead atoms. The van der Waals surface area contributed by atoms with E-state index in [-0.39, 0.29) is 0 Å². The lowest BCUT2D eigenvalue weighted by molar-refractivity contribution is 0.847. The van der Waals surface area contributed by atoms with Crippen molar-refractivity contribution in [2.75, 3.05) is 0 Å². The third kappa shape index (κ3) is 6.09. The highest BCUT2D eigenvalue weighted by Crippen LogP contribution is 2.43. The largest absolute Gasteiger partial charge is 0.278 e. The predicted molar refractivity (Wildman–Crippen MR) is 339 cm³/mol. The van der Waals surface area contributed by atoms with Crippen LogP contribution in [-0.2, 0) is 0 Å². The quantitative estimate of drug-likeness (QED) is 0.164. The molecule has 8 aromatic heterocycles. The summed E-state index contributed by atoms with van der Waals surface area (Å²) in [5.74, 6) is 2.92. The molecule has 0 saturated heterocycles. The number of fused-ring (bicyclic) bond motifs is 19. The molecule has 19 aromatic rings. The van der Waals surface area contributed by atoms with Crippen molar-refractivity contribution in [2.45, 2.75) is 0 Å². The SMILES string of the molecule is c1ccc2c(c1)c1ccccc1n2-c1nc(-n2c3ccccc3c3ccccc32)nc(-n2c3ccccc3c3c2ccc2c4ccccc4n(-c4nc(-n5c6ccccc6c6ccccc65)nc(-n5c6ccccc6c6ccccc65)n4)c23)n1. The van der Waals surface area contributed by atoms with Crippen molar-refractivity contribution in [1.82, 2.24) is 57.3 Å². The smallest absolute Gasteiger partial charge is 0.241 e. The van der Waals surface area contributed by atoms with Gasteiger partial charge in [-0.3, -0.25) is 27.4 Å². The van der Waals surface area contributed by atoms with Gasteiger partial charge in [-0.15, -0.1) is 0 Å². The van der Waals surface area contributed by atoms with Crippen LogP contribution in [0.3, 0.4) is 0 Å². The summed E-state index contributed by atoms with van der Waals surface area (Å²) in [6.45, 7) is 0. The molecule has 0 aliphatic heterocycles. The second kappa shape index (κ2) is 16.9. The number of aromatic nitrogens is 12. The van der Waals surface area contributed by atoms with E-state index in [0.29, 0.717) is 35.7 Å². The first kappa shape index (κ1) is 45.0. The first-order valence-corrected chi connectivity index (χ1v) is 28.1. The van der Waals surface area contributed by atoms with Crippen molar-refractivity contribution in [2.24, 2.45) is 0 Å². The maximum absolute atomic E-state index is 5.67. The Bertz CT molecular complexity index is 5550. The van der Waals surface area contributed by atoms with Gasteiger partial charge in [-0.2, -0.15) is 29.9 Å². The summed E-state index contributed by atoms with van der Waals surface area (Å²) in [4.78, 5) is 33.6. The van der Waals surface area contributed by atoms with Gasteiger partial charge in [0.1, 0.15) is 0 Å². The van der Waals surface area contributed by atoms with Crippen LogP contribution in [-0.4, -0.2) is 57.3 Å². The third-order valence-electron chi connectivity index (χ3n) is 17.2. The van der Waals surface area contributed by atoms with Gasteiger partial charge in [0.05, 0.1) is 66.2 Å². The molecular weight excluding hydrogens is 1030 g/mol. The minimum atomic E-state index is 0.467. The second-order valence-electron chi connectivity index (χ2n) is 21.5. The summed E-state index contributed by atoms with van der Waals surface area (Å²) >= 11 is 0. The normalized spacial score (nSPS) is 12.3. The molecular formula is C72H42N12. The van der Waals surface area contributed by atoms with E-state index in [4.69, 9.17) is 29.9 Å². The molecule has 0 amide bonds. The zero-order valence-electron chi connectivity index (χ0n) is 44.6. The van der Waals surface area contributed by atoms with Crippen molar-refractivity contribution in [3.8, 4) is 35.7 Å². The van der Waals surface area contributed by atoms with E-state index >= 15 is 0 Å². The molecule has 0 spiro atoms. The Hall–Kier alpha value is -11.8. The fourth-order valence-electron chi connectivity index (χ4n) is 13.8. The molecule has 84 heavy (non-hydrogen) atoms. The van der Waals surface area contributed by atoms with Crippen LogP contribution < -0.4 is 0 Å². The summed E-state index contributed by atoms with van der Waals surface area (Å²) in [5, 5.41) is 13.0. The Balaban J connectivity index is 0.945. The topological polar surface area (TPSA) is 107 Å². The Labute approximate surface area is 476 Å². The Morgan fingerprint density at radius 1 is 0.155 bits per heavy atom. The molecule has 0 aliphatic rings. The molecule has 0 N–H and O–H groups in total. The van der Waals surface area contributed by atoms with Crippen LogP contribution in [0.2, 0.25) is 0 Å². The average molecular weight is 1080 g/mol. The van der Waals surface area contributed by atoms with Gasteiger partial charge in [0, 0.05) is 64.6 Å². The highest BCUT2D eigenvalue weighted by Gasteiger charge is 2.28. The van der Waals surface area contributed by atoms with Gasteiger partial charge in [-0.1, -0.05) is 188 Å². The second-order valence-corrected chi connectivity index (χ2v) is 21.5. The molecule has 12 nitrogen and oxygen atoms in total. The van der Waals surface area contributed by atoms with Gasteiger partial charge in [0.2, 0.25) is 35.7 Å². The highest BCUT2D eigenvalue weighted by atomic mass is 15.3. The number of nitrogens with zero attached hydrogens (tertiary/aromatic N) is 12. The van der Waals surface area contributed by atoms with Crippen LogP contribution in [0.4, 0.5) is 0 Å². The molecule has 11 aromatic carbocycles. The van der Waals surface area contributed by atoms with E-state index in [2.05, 4.69) is 282 Å². The lowest BCUT2D eigenvalue weighted by Crippen LogP contribution is -2.13. The van der Waals surface area contributed by atoms with Crippen molar-refractivity contribution < 1.29 is 0 Å². The highest BCUT2D eigenvalue weighted by molar-refractivity contribution is 6.26. The molecule has 0 aliphatic carbocycles. The summed E-state index contributed by atoms with van der Waals surface area (Å²) < 4.78 is 13.2. The van der Waals surface area contributed by atoms with Crippen molar-refractivity contribution >= 4 is 131 Å². The zero-order chi connectivity index (χ0) is 54.7. The maximum Gasteiger partial charge on any atom is 0.241 e. The van der Waals surface area contributed by atoms with E-state index in [0.717, 1.165) is 131 Å². The number of para-hydroxylation sites is 10. The van der Waals surface area contributed by atoms with Gasteiger partial charge in [0.15, 0.2) is 0 Å². The van der Waals surface area contributed by atoms with E-state index < -0.39 is 0 Å². The molecule has 0 unspecified atom stereocenters. The van der Waals surface area contributed by atoms with E-state index in [9.17, 15) is 0 Å². The first-order chi connectivity index (χ1) is 41.7. The average Bonchev–Trinajstić information content (AvgIpc) is 1.79. The lowest BCUT2D eigenvalue weighted by Gasteiger charge is -2.14. The van der Waals surface area contributed by atoms with E-state index in [1.165, 1.54) is 0 Å². The number of hydrogen-bond acceptors (Lipinski definition) is 6. The standard InChI is InChI=1S/C72H42N12/c1-11-31-54-43(21-1)44-22-2-12-32-55(44)79(54)67-73-68(80-56-33-13-3-23-45(56)46-24-4-14-34-57(46)80)76-71(75-67)83-63-40-20-10-30-53(63)65-64(83)42-41-52-51-29-9-19-39-62(51)84(66(52)65)72-77-69(81-58-35-15-5-25-47(58)48-26-6-16-36-59(48)81)74-70(78-72)82-60-37-17-7-27-49(60)50-28-8-18-38-61(50)82/h1-42H. The Kier molecular flexibility index (Phi) is 9.05. The first-order valence-electron chi connectivity index (χ1n) is 28.1. The summed E-state index contributed by atoms with van der Waals surface area (Å²) in [6.07, 6.45) is 0. The number of rotatable bonds is 6. The van der Waals surface area contributed by atoms with Crippen molar-refractivity contribution in [1.29, 1.82) is 0 Å². The summed E-state index contributed by atoms with van der Waals surface area (Å²) in [6, 6.07) is 89.6. The van der Waals surface area contributed by atoms with Gasteiger partial charge < -0.3 is 0 Å². The third-order valence-corrected chi connectivity index (χ3v) is 17.2. The maximum atomic E-state index is 5.67. The Morgan fingerprint density at radius 2 is 0.345 bits per heavy atom. The fraction of sp³-hybridized carbons (Fsp3) is 0.